The molecule has 0 aliphatic heterocycles. The molecule has 0 unspecified atom stereocenters. The molecule has 1 aromatic carbocycles. The van der Waals surface area contributed by atoms with E-state index in [9.17, 15) is 0 Å². The summed E-state index contributed by atoms with van der Waals surface area (Å²) in [6.45, 7) is 3.64. The summed E-state index contributed by atoms with van der Waals surface area (Å²) in [6, 6.07) is 5.30. The lowest BCUT2D eigenvalue weighted by Crippen LogP contribution is -2.15. The van der Waals surface area contributed by atoms with Gasteiger partial charge in [-0.1, -0.05) is 16.8 Å². The number of halogens is 1. The Labute approximate surface area is 121 Å². The first-order valence-electron chi connectivity index (χ1n) is 5.89. The van der Waals surface area contributed by atoms with Crippen LogP contribution in [0.25, 0.3) is 0 Å². The third-order valence-corrected chi connectivity index (χ3v) is 3.30. The second-order valence-corrected chi connectivity index (χ2v) is 4.79. The number of hydrogen-bond donors (Lipinski definition) is 2. The van der Waals surface area contributed by atoms with Crippen LogP contribution in [0.3, 0.4) is 0 Å². The van der Waals surface area contributed by atoms with E-state index < -0.39 is 0 Å². The van der Waals surface area contributed by atoms with Gasteiger partial charge in [0.25, 0.3) is 0 Å². The Balaban J connectivity index is 2.45. The zero-order valence-corrected chi connectivity index (χ0v) is 12.1. The van der Waals surface area contributed by atoms with Gasteiger partial charge in [0.1, 0.15) is 11.3 Å². The molecular formula is C13H15ClN4O2. The first-order valence-corrected chi connectivity index (χ1v) is 6.27. The highest BCUT2D eigenvalue weighted by molar-refractivity contribution is 6.31. The van der Waals surface area contributed by atoms with Crippen LogP contribution in [-0.4, -0.2) is 20.8 Å². The molecule has 2 rings (SSSR count). The van der Waals surface area contributed by atoms with Gasteiger partial charge >= 0.3 is 0 Å². The number of aryl methyl sites for hydroxylation is 3. The van der Waals surface area contributed by atoms with E-state index in [2.05, 4.69) is 10.3 Å². The summed E-state index contributed by atoms with van der Waals surface area (Å²) in [7, 11) is 1.72. The van der Waals surface area contributed by atoms with Gasteiger partial charge in [-0.2, -0.15) is 5.10 Å². The summed E-state index contributed by atoms with van der Waals surface area (Å²) in [5, 5.41) is 16.7. The van der Waals surface area contributed by atoms with Crippen molar-refractivity contribution < 1.29 is 9.94 Å². The largest absolute Gasteiger partial charge is 0.438 e. The minimum Gasteiger partial charge on any atom is -0.438 e. The fourth-order valence-corrected chi connectivity index (χ4v) is 2.01. The summed E-state index contributed by atoms with van der Waals surface area (Å²) in [4.78, 5) is 0. The smallest absolute Gasteiger partial charge is 0.229 e. The Morgan fingerprint density at radius 3 is 2.75 bits per heavy atom. The molecule has 0 radical (unpaired) electrons. The number of ether oxygens (including phenoxy) is 1. The predicted molar refractivity (Wildman–Crippen MR) is 76.7 cm³/mol. The number of nitrogens with zero attached hydrogens (tertiary/aromatic N) is 3. The van der Waals surface area contributed by atoms with Crippen LogP contribution in [0.4, 0.5) is 0 Å². The van der Waals surface area contributed by atoms with Gasteiger partial charge in [0.05, 0.1) is 5.69 Å². The molecule has 0 aliphatic carbocycles. The average molecular weight is 295 g/mol. The number of benzene rings is 1. The van der Waals surface area contributed by atoms with Crippen molar-refractivity contribution in [3.8, 4) is 11.6 Å². The van der Waals surface area contributed by atoms with Gasteiger partial charge in [-0.3, -0.25) is 0 Å². The molecule has 0 fully saturated rings. The average Bonchev–Trinajstić information content (AvgIpc) is 2.68. The van der Waals surface area contributed by atoms with E-state index in [1.54, 1.807) is 32.2 Å². The lowest BCUT2D eigenvalue weighted by atomic mass is 10.2. The van der Waals surface area contributed by atoms with Crippen molar-refractivity contribution in [1.29, 1.82) is 0 Å². The molecule has 0 saturated heterocycles. The van der Waals surface area contributed by atoms with E-state index in [0.29, 0.717) is 27.9 Å². The van der Waals surface area contributed by atoms with Gasteiger partial charge in [0.2, 0.25) is 5.88 Å². The molecule has 0 aliphatic rings. The topological polar surface area (TPSA) is 85.7 Å². The van der Waals surface area contributed by atoms with E-state index in [4.69, 9.17) is 27.3 Å². The SMILES string of the molecule is Cc1cc(Oc2c(C(N)=NO)c(C)nn2C)ccc1Cl. The zero-order chi connectivity index (χ0) is 14.9. The number of rotatable bonds is 3. The Morgan fingerprint density at radius 1 is 1.45 bits per heavy atom. The van der Waals surface area contributed by atoms with Crippen LogP contribution in [0.2, 0.25) is 5.02 Å². The highest BCUT2D eigenvalue weighted by Crippen LogP contribution is 2.29. The standard InChI is InChI=1S/C13H15ClN4O2/c1-7-6-9(4-5-10(7)14)20-13-11(12(15)17-19)8(2)16-18(13)3/h4-6,19H,1-3H3,(H2,15,17). The van der Waals surface area contributed by atoms with Crippen LogP contribution >= 0.6 is 11.6 Å². The number of hydrogen-bond acceptors (Lipinski definition) is 4. The summed E-state index contributed by atoms with van der Waals surface area (Å²) < 4.78 is 7.32. The zero-order valence-electron chi connectivity index (χ0n) is 11.4. The molecule has 106 valence electrons. The highest BCUT2D eigenvalue weighted by atomic mass is 35.5. The van der Waals surface area contributed by atoms with Gasteiger partial charge < -0.3 is 15.7 Å². The minimum atomic E-state index is -0.0451. The molecule has 6 nitrogen and oxygen atoms in total. The third kappa shape index (κ3) is 2.55. The van der Waals surface area contributed by atoms with Crippen molar-refractivity contribution >= 4 is 17.4 Å². The van der Waals surface area contributed by atoms with Gasteiger partial charge in [0.15, 0.2) is 5.84 Å². The van der Waals surface area contributed by atoms with Crippen LogP contribution in [0.1, 0.15) is 16.8 Å². The molecule has 7 heteroatoms. The summed E-state index contributed by atoms with van der Waals surface area (Å²) in [5.41, 5.74) is 7.63. The lowest BCUT2D eigenvalue weighted by molar-refractivity contribution is 0.318. The molecule has 20 heavy (non-hydrogen) atoms. The van der Waals surface area contributed by atoms with E-state index in [1.807, 2.05) is 6.92 Å². The third-order valence-electron chi connectivity index (χ3n) is 2.88. The number of nitrogens with two attached hydrogens (primary N) is 1. The monoisotopic (exact) mass is 294 g/mol. The van der Waals surface area contributed by atoms with Crippen molar-refractivity contribution in [3.05, 3.63) is 40.0 Å². The molecule has 0 bridgehead atoms. The highest BCUT2D eigenvalue weighted by Gasteiger charge is 2.19. The lowest BCUT2D eigenvalue weighted by Gasteiger charge is -2.09. The van der Waals surface area contributed by atoms with Crippen LogP contribution in [0.5, 0.6) is 11.6 Å². The van der Waals surface area contributed by atoms with Crippen molar-refractivity contribution in [1.82, 2.24) is 9.78 Å². The molecule has 0 amide bonds. The van der Waals surface area contributed by atoms with Gasteiger partial charge in [-0.05, 0) is 37.6 Å². The number of oxime groups is 1. The number of aromatic nitrogens is 2. The predicted octanol–water partition coefficient (Wildman–Crippen LogP) is 2.58. The van der Waals surface area contributed by atoms with E-state index in [0.717, 1.165) is 5.56 Å². The Bertz CT molecular complexity index is 679. The van der Waals surface area contributed by atoms with Crippen LogP contribution in [0, 0.1) is 13.8 Å². The van der Waals surface area contributed by atoms with Crippen LogP contribution < -0.4 is 10.5 Å². The second-order valence-electron chi connectivity index (χ2n) is 4.39. The van der Waals surface area contributed by atoms with E-state index >= 15 is 0 Å². The molecule has 2 aromatic rings. The van der Waals surface area contributed by atoms with Gasteiger partial charge in [-0.15, -0.1) is 0 Å². The molecule has 0 spiro atoms. The van der Waals surface area contributed by atoms with E-state index in [-0.39, 0.29) is 5.84 Å². The molecule has 1 heterocycles. The van der Waals surface area contributed by atoms with Crippen LogP contribution in [-0.2, 0) is 7.05 Å². The maximum atomic E-state index is 8.85. The maximum Gasteiger partial charge on any atom is 0.229 e. The maximum absolute atomic E-state index is 8.85. The van der Waals surface area contributed by atoms with Crippen molar-refractivity contribution in [3.63, 3.8) is 0 Å². The van der Waals surface area contributed by atoms with Crippen molar-refractivity contribution in [2.75, 3.05) is 0 Å². The molecular weight excluding hydrogens is 280 g/mol. The summed E-state index contributed by atoms with van der Waals surface area (Å²) in [6.07, 6.45) is 0. The second kappa shape index (κ2) is 5.42. The minimum absolute atomic E-state index is 0.0451. The van der Waals surface area contributed by atoms with Crippen molar-refractivity contribution in [2.45, 2.75) is 13.8 Å². The molecule has 0 saturated carbocycles. The summed E-state index contributed by atoms with van der Waals surface area (Å²) in [5.74, 6) is 0.956. The fraction of sp³-hybridized carbons (Fsp3) is 0.231. The first-order chi connectivity index (χ1) is 9.43. The van der Waals surface area contributed by atoms with Gasteiger partial charge in [-0.25, -0.2) is 4.68 Å². The first kappa shape index (κ1) is 14.2. The van der Waals surface area contributed by atoms with Crippen LogP contribution in [0.15, 0.2) is 23.4 Å². The summed E-state index contributed by atoms with van der Waals surface area (Å²) >= 11 is 5.98. The van der Waals surface area contributed by atoms with Gasteiger partial charge in [0, 0.05) is 12.1 Å². The quantitative estimate of drug-likeness (QED) is 0.394. The fourth-order valence-electron chi connectivity index (χ4n) is 1.89. The Hall–Kier alpha value is -2.21. The normalized spacial score (nSPS) is 11.7. The molecule has 0 atom stereocenters. The molecule has 3 N–H and O–H groups in total. The Morgan fingerprint density at radius 2 is 2.15 bits per heavy atom. The number of amidine groups is 1. The van der Waals surface area contributed by atoms with E-state index in [1.165, 1.54) is 4.68 Å². The van der Waals surface area contributed by atoms with Crippen molar-refractivity contribution in [2.24, 2.45) is 17.9 Å². The Kier molecular flexibility index (Phi) is 3.85. The molecule has 1 aromatic heterocycles.